The van der Waals surface area contributed by atoms with Crippen LogP contribution in [0, 0.1) is 0 Å². The van der Waals surface area contributed by atoms with Crippen molar-refractivity contribution in [2.45, 2.75) is 12.4 Å². The minimum atomic E-state index is -4.45. The molecule has 0 unspecified atom stereocenters. The molecular weight excluding hydrogens is 803 g/mol. The number of hydrogen-bond donors (Lipinski definition) is 0. The van der Waals surface area contributed by atoms with Gasteiger partial charge in [0.1, 0.15) is 0 Å². The van der Waals surface area contributed by atoms with E-state index in [1.165, 1.54) is 24.3 Å². The van der Waals surface area contributed by atoms with E-state index in [-0.39, 0.29) is 0 Å². The Morgan fingerprint density at radius 1 is 0.302 bits per heavy atom. The van der Waals surface area contributed by atoms with Gasteiger partial charge in [-0.1, -0.05) is 127 Å². The molecule has 2 nitrogen and oxygen atoms in total. The van der Waals surface area contributed by atoms with E-state index in [0.717, 1.165) is 118 Å². The summed E-state index contributed by atoms with van der Waals surface area (Å²) >= 11 is 0. The van der Waals surface area contributed by atoms with Gasteiger partial charge >= 0.3 is 12.4 Å². The molecule has 2 aromatic heterocycles. The van der Waals surface area contributed by atoms with Crippen LogP contribution in [0.2, 0.25) is 0 Å². The Balaban J connectivity index is 1.21. The molecular formula is C55H32F6N2. The quantitative estimate of drug-likeness (QED) is 0.125. The Morgan fingerprint density at radius 3 is 1.24 bits per heavy atom. The Labute approximate surface area is 356 Å². The van der Waals surface area contributed by atoms with Crippen molar-refractivity contribution in [3.05, 3.63) is 205 Å². The molecule has 0 radical (unpaired) electrons. The molecule has 11 aromatic rings. The third kappa shape index (κ3) is 6.66. The summed E-state index contributed by atoms with van der Waals surface area (Å²) in [5.74, 6) is 0. The van der Waals surface area contributed by atoms with Crippen molar-refractivity contribution in [1.29, 1.82) is 0 Å². The number of hydrogen-bond acceptors (Lipinski definition) is 1. The minimum Gasteiger partial charge on any atom is -0.309 e. The molecule has 0 aliphatic rings. The summed E-state index contributed by atoms with van der Waals surface area (Å²) in [7, 11) is 0. The largest absolute Gasteiger partial charge is 0.416 e. The number of nitrogens with zero attached hydrogens (tertiary/aromatic N) is 2. The van der Waals surface area contributed by atoms with E-state index in [0.29, 0.717) is 11.1 Å². The number of halogens is 6. The summed E-state index contributed by atoms with van der Waals surface area (Å²) in [6, 6.07) is 59.3. The maximum Gasteiger partial charge on any atom is 0.416 e. The maximum absolute atomic E-state index is 13.6. The van der Waals surface area contributed by atoms with Gasteiger partial charge in [0.25, 0.3) is 0 Å². The van der Waals surface area contributed by atoms with Gasteiger partial charge in [0.05, 0.1) is 39.2 Å². The molecule has 0 aliphatic heterocycles. The molecule has 0 atom stereocenters. The highest BCUT2D eigenvalue weighted by atomic mass is 19.4. The van der Waals surface area contributed by atoms with Gasteiger partial charge in [-0.05, 0) is 121 Å². The van der Waals surface area contributed by atoms with Gasteiger partial charge in [-0.15, -0.1) is 0 Å². The van der Waals surface area contributed by atoms with Crippen LogP contribution in [0.5, 0.6) is 0 Å². The van der Waals surface area contributed by atoms with Crippen LogP contribution >= 0.6 is 0 Å². The lowest BCUT2D eigenvalue weighted by molar-refractivity contribution is -0.138. The Kier molecular flexibility index (Phi) is 8.77. The number of alkyl halides is 6. The second-order valence-electron chi connectivity index (χ2n) is 15.8. The number of aromatic nitrogens is 2. The van der Waals surface area contributed by atoms with Gasteiger partial charge in [0.15, 0.2) is 0 Å². The number of pyridine rings is 1. The zero-order valence-electron chi connectivity index (χ0n) is 33.1. The number of fused-ring (bicyclic) bond motifs is 9. The first kappa shape index (κ1) is 38.2. The van der Waals surface area contributed by atoms with Crippen molar-refractivity contribution >= 4 is 54.1 Å². The second kappa shape index (κ2) is 14.5. The molecule has 0 aliphatic carbocycles. The van der Waals surface area contributed by atoms with Gasteiger partial charge in [-0.2, -0.15) is 26.3 Å². The molecule has 0 saturated heterocycles. The molecule has 0 saturated carbocycles. The topological polar surface area (TPSA) is 17.8 Å². The first-order chi connectivity index (χ1) is 30.5. The lowest BCUT2D eigenvalue weighted by atomic mass is 9.91. The van der Waals surface area contributed by atoms with Crippen LogP contribution in [0.3, 0.4) is 0 Å². The van der Waals surface area contributed by atoms with E-state index in [9.17, 15) is 26.3 Å². The van der Waals surface area contributed by atoms with Gasteiger partial charge in [0, 0.05) is 21.9 Å². The van der Waals surface area contributed by atoms with Crippen LogP contribution < -0.4 is 0 Å². The summed E-state index contributed by atoms with van der Waals surface area (Å²) in [5, 5.41) is 7.82. The van der Waals surface area contributed by atoms with E-state index in [2.05, 4.69) is 53.1 Å². The first-order valence-electron chi connectivity index (χ1n) is 20.3. The van der Waals surface area contributed by atoms with Crippen molar-refractivity contribution in [3.8, 4) is 50.5 Å². The van der Waals surface area contributed by atoms with Crippen LogP contribution in [-0.4, -0.2) is 9.55 Å². The molecule has 11 rings (SSSR count). The van der Waals surface area contributed by atoms with Gasteiger partial charge in [-0.3, -0.25) is 0 Å². The Hall–Kier alpha value is -7.71. The van der Waals surface area contributed by atoms with E-state index >= 15 is 0 Å². The van der Waals surface area contributed by atoms with Crippen molar-refractivity contribution in [1.82, 2.24) is 9.55 Å². The Morgan fingerprint density at radius 2 is 0.714 bits per heavy atom. The highest BCUT2D eigenvalue weighted by Gasteiger charge is 2.31. The fourth-order valence-corrected chi connectivity index (χ4v) is 8.97. The van der Waals surface area contributed by atoms with E-state index in [4.69, 9.17) is 4.98 Å². The van der Waals surface area contributed by atoms with Crippen LogP contribution in [-0.2, 0) is 12.4 Å². The standard InChI is InChI=1S/C55H32F6N2/c56-54(57,58)39-21-15-33(16-22-39)37-19-25-44-45(27-37)42-13-7-8-14-43(42)46-31-49-48-28-38(34-17-23-40(24-18-34)55(59,60)61)20-26-52(48)63(53(49)32-47(44)46)41-29-50(35-9-3-1-4-10-35)62-51(30-41)36-11-5-2-6-12-36/h1-32H. The van der Waals surface area contributed by atoms with Crippen LogP contribution in [0.15, 0.2) is 194 Å². The van der Waals surface area contributed by atoms with E-state index in [1.54, 1.807) is 0 Å². The Bertz CT molecular complexity index is 3500. The summed E-state index contributed by atoms with van der Waals surface area (Å²) in [6.07, 6.45) is -8.88. The van der Waals surface area contributed by atoms with E-state index < -0.39 is 23.5 Å². The molecule has 63 heavy (non-hydrogen) atoms. The van der Waals surface area contributed by atoms with Gasteiger partial charge in [0.2, 0.25) is 0 Å². The van der Waals surface area contributed by atoms with Gasteiger partial charge in [-0.25, -0.2) is 4.98 Å². The third-order valence-electron chi connectivity index (χ3n) is 12.0. The smallest absolute Gasteiger partial charge is 0.309 e. The van der Waals surface area contributed by atoms with Crippen molar-refractivity contribution in [2.24, 2.45) is 0 Å². The van der Waals surface area contributed by atoms with Crippen molar-refractivity contribution < 1.29 is 26.3 Å². The number of rotatable bonds is 5. The fourth-order valence-electron chi connectivity index (χ4n) is 8.97. The highest BCUT2D eigenvalue weighted by Crippen LogP contribution is 2.44. The lowest BCUT2D eigenvalue weighted by Crippen LogP contribution is -2.03. The van der Waals surface area contributed by atoms with Gasteiger partial charge < -0.3 is 4.57 Å². The average Bonchev–Trinajstić information content (AvgIpc) is 3.63. The molecule has 0 N–H and O–H groups in total. The van der Waals surface area contributed by atoms with Crippen LogP contribution in [0.4, 0.5) is 26.3 Å². The predicted molar refractivity (Wildman–Crippen MR) is 243 cm³/mol. The van der Waals surface area contributed by atoms with Crippen LogP contribution in [0.25, 0.3) is 105 Å². The molecule has 2 heterocycles. The molecule has 9 aromatic carbocycles. The summed E-state index contributed by atoms with van der Waals surface area (Å²) in [6.45, 7) is 0. The van der Waals surface area contributed by atoms with Crippen LogP contribution in [0.1, 0.15) is 11.1 Å². The molecule has 8 heteroatoms. The fraction of sp³-hybridized carbons (Fsp3) is 0.0364. The SMILES string of the molecule is FC(F)(F)c1ccc(-c2ccc3c(c2)c2ccccc2c2cc4c5cc(-c6ccc(C(F)(F)F)cc6)ccc5n(-c5cc(-c6ccccc6)nc(-c6ccccc6)c5)c4cc32)cc1. The van der Waals surface area contributed by atoms with E-state index in [1.807, 2.05) is 97.1 Å². The highest BCUT2D eigenvalue weighted by molar-refractivity contribution is 6.29. The second-order valence-corrected chi connectivity index (χ2v) is 15.8. The summed E-state index contributed by atoms with van der Waals surface area (Å²) < 4.78 is 83.4. The maximum atomic E-state index is 13.6. The predicted octanol–water partition coefficient (Wildman–Crippen LogP) is 16.3. The monoisotopic (exact) mass is 834 g/mol. The third-order valence-corrected chi connectivity index (χ3v) is 12.0. The molecule has 0 amide bonds. The van der Waals surface area contributed by atoms with Crippen molar-refractivity contribution in [3.63, 3.8) is 0 Å². The number of benzene rings is 9. The average molecular weight is 835 g/mol. The summed E-state index contributed by atoms with van der Waals surface area (Å²) in [4.78, 5) is 5.15. The zero-order chi connectivity index (χ0) is 43.0. The minimum absolute atomic E-state index is 0.661. The lowest BCUT2D eigenvalue weighted by Gasteiger charge is -2.15. The normalized spacial score (nSPS) is 12.3. The molecule has 0 fully saturated rings. The summed E-state index contributed by atoms with van der Waals surface area (Å²) in [5.41, 5.74) is 7.67. The van der Waals surface area contributed by atoms with Crippen molar-refractivity contribution in [2.75, 3.05) is 0 Å². The zero-order valence-corrected chi connectivity index (χ0v) is 33.1. The molecule has 304 valence electrons. The molecule has 0 spiro atoms. The first-order valence-corrected chi connectivity index (χ1v) is 20.3. The molecule has 0 bridgehead atoms.